The molecular weight excluding hydrogens is 188 g/mol. The Balaban J connectivity index is 2.55. The van der Waals surface area contributed by atoms with E-state index in [1.165, 1.54) is 0 Å². The number of nitriles is 1. The van der Waals surface area contributed by atoms with Gasteiger partial charge in [0.15, 0.2) is 0 Å². The number of aryl methyl sites for hydroxylation is 1. The Hall–Kier alpha value is -2.15. The van der Waals surface area contributed by atoms with Crippen molar-refractivity contribution in [1.29, 1.82) is 5.26 Å². The Kier molecular flexibility index (Phi) is 2.22. The quantitative estimate of drug-likeness (QED) is 0.701. The molecule has 0 radical (unpaired) electrons. The predicted molar refractivity (Wildman–Crippen MR) is 55.5 cm³/mol. The number of rotatable bonds is 1. The van der Waals surface area contributed by atoms with Crippen LogP contribution in [0.2, 0.25) is 0 Å². The summed E-state index contributed by atoms with van der Waals surface area (Å²) in [4.78, 5) is 8.39. The molecule has 0 aromatic carbocycles. The molecule has 4 nitrogen and oxygen atoms in total. The van der Waals surface area contributed by atoms with Gasteiger partial charge >= 0.3 is 0 Å². The minimum absolute atomic E-state index is 0.415. The molecule has 0 aliphatic carbocycles. The molecule has 0 amide bonds. The number of imidazole rings is 1. The SMILES string of the molecule is Cc1ncn(-c2cccc(C#N)n2)c1C. The fourth-order valence-corrected chi connectivity index (χ4v) is 1.35. The summed E-state index contributed by atoms with van der Waals surface area (Å²) in [6, 6.07) is 7.37. The molecule has 0 aliphatic rings. The van der Waals surface area contributed by atoms with Gasteiger partial charge < -0.3 is 0 Å². The number of pyridine rings is 1. The Bertz CT molecular complexity index is 534. The summed E-state index contributed by atoms with van der Waals surface area (Å²) in [5.41, 5.74) is 2.43. The third-order valence-electron chi connectivity index (χ3n) is 2.35. The molecule has 15 heavy (non-hydrogen) atoms. The maximum Gasteiger partial charge on any atom is 0.142 e. The van der Waals surface area contributed by atoms with E-state index in [4.69, 9.17) is 5.26 Å². The summed E-state index contributed by atoms with van der Waals surface area (Å²) < 4.78 is 1.87. The summed E-state index contributed by atoms with van der Waals surface area (Å²) in [5.74, 6) is 0.729. The van der Waals surface area contributed by atoms with Crippen molar-refractivity contribution in [2.45, 2.75) is 13.8 Å². The van der Waals surface area contributed by atoms with E-state index in [2.05, 4.69) is 9.97 Å². The van der Waals surface area contributed by atoms with Gasteiger partial charge in [-0.25, -0.2) is 9.97 Å². The maximum absolute atomic E-state index is 8.75. The van der Waals surface area contributed by atoms with Crippen LogP contribution in [-0.4, -0.2) is 14.5 Å². The van der Waals surface area contributed by atoms with E-state index in [1.807, 2.05) is 36.6 Å². The van der Waals surface area contributed by atoms with Crippen LogP contribution in [0.25, 0.3) is 5.82 Å². The van der Waals surface area contributed by atoms with Crippen molar-refractivity contribution in [3.8, 4) is 11.9 Å². The van der Waals surface area contributed by atoms with Crippen LogP contribution in [0.3, 0.4) is 0 Å². The number of hydrogen-bond donors (Lipinski definition) is 0. The fraction of sp³-hybridized carbons (Fsp3) is 0.182. The lowest BCUT2D eigenvalue weighted by Gasteiger charge is -2.03. The first-order chi connectivity index (χ1) is 7.22. The van der Waals surface area contributed by atoms with Crippen LogP contribution >= 0.6 is 0 Å². The molecule has 0 fully saturated rings. The molecule has 4 heteroatoms. The van der Waals surface area contributed by atoms with Crippen molar-refractivity contribution in [1.82, 2.24) is 14.5 Å². The van der Waals surface area contributed by atoms with E-state index < -0.39 is 0 Å². The number of hydrogen-bond acceptors (Lipinski definition) is 3. The zero-order valence-corrected chi connectivity index (χ0v) is 8.60. The molecule has 0 atom stereocenters. The molecule has 0 spiro atoms. The topological polar surface area (TPSA) is 54.5 Å². The highest BCUT2D eigenvalue weighted by Crippen LogP contribution is 2.11. The molecule has 2 heterocycles. The first kappa shape index (κ1) is 9.41. The lowest BCUT2D eigenvalue weighted by atomic mass is 10.3. The average Bonchev–Trinajstić information content (AvgIpc) is 2.60. The Labute approximate surface area is 87.8 Å². The van der Waals surface area contributed by atoms with E-state index in [1.54, 1.807) is 12.4 Å². The van der Waals surface area contributed by atoms with E-state index >= 15 is 0 Å². The monoisotopic (exact) mass is 198 g/mol. The molecule has 2 aromatic rings. The van der Waals surface area contributed by atoms with Crippen LogP contribution in [-0.2, 0) is 0 Å². The van der Waals surface area contributed by atoms with Crippen molar-refractivity contribution >= 4 is 0 Å². The second kappa shape index (κ2) is 3.54. The summed E-state index contributed by atoms with van der Waals surface area (Å²) in [6.45, 7) is 3.92. The smallest absolute Gasteiger partial charge is 0.142 e. The Morgan fingerprint density at radius 2 is 2.13 bits per heavy atom. The molecule has 0 saturated heterocycles. The van der Waals surface area contributed by atoms with Gasteiger partial charge in [0.2, 0.25) is 0 Å². The molecular formula is C11H10N4. The van der Waals surface area contributed by atoms with Crippen LogP contribution < -0.4 is 0 Å². The minimum Gasteiger partial charge on any atom is -0.287 e. The van der Waals surface area contributed by atoms with Gasteiger partial charge in [-0.2, -0.15) is 5.26 Å². The minimum atomic E-state index is 0.415. The van der Waals surface area contributed by atoms with Crippen molar-refractivity contribution in [3.63, 3.8) is 0 Å². The van der Waals surface area contributed by atoms with Gasteiger partial charge in [0.25, 0.3) is 0 Å². The molecule has 74 valence electrons. The standard InChI is InChI=1S/C11H10N4/c1-8-9(2)15(7-13-8)11-5-3-4-10(6-12)14-11/h3-5,7H,1-2H3. The Morgan fingerprint density at radius 1 is 1.33 bits per heavy atom. The van der Waals surface area contributed by atoms with Gasteiger partial charge in [0.1, 0.15) is 23.9 Å². The van der Waals surface area contributed by atoms with Gasteiger partial charge in [0.05, 0.1) is 5.69 Å². The zero-order chi connectivity index (χ0) is 10.8. The van der Waals surface area contributed by atoms with Crippen molar-refractivity contribution in [3.05, 3.63) is 41.6 Å². The molecule has 2 rings (SSSR count). The number of nitrogens with zero attached hydrogens (tertiary/aromatic N) is 4. The van der Waals surface area contributed by atoms with E-state index in [9.17, 15) is 0 Å². The normalized spacial score (nSPS) is 9.93. The zero-order valence-electron chi connectivity index (χ0n) is 8.60. The highest BCUT2D eigenvalue weighted by molar-refractivity contribution is 5.32. The molecule has 2 aromatic heterocycles. The van der Waals surface area contributed by atoms with Crippen LogP contribution in [0.4, 0.5) is 0 Å². The molecule has 0 saturated carbocycles. The molecule has 0 unspecified atom stereocenters. The van der Waals surface area contributed by atoms with Gasteiger partial charge in [-0.05, 0) is 26.0 Å². The van der Waals surface area contributed by atoms with Crippen LogP contribution in [0.5, 0.6) is 0 Å². The van der Waals surface area contributed by atoms with E-state index in [-0.39, 0.29) is 0 Å². The second-order valence-electron chi connectivity index (χ2n) is 3.28. The third-order valence-corrected chi connectivity index (χ3v) is 2.35. The van der Waals surface area contributed by atoms with Crippen molar-refractivity contribution in [2.24, 2.45) is 0 Å². The van der Waals surface area contributed by atoms with Gasteiger partial charge in [-0.15, -0.1) is 0 Å². The van der Waals surface area contributed by atoms with Gasteiger partial charge in [0, 0.05) is 5.69 Å². The summed E-state index contributed by atoms with van der Waals surface area (Å²) in [6.07, 6.45) is 1.72. The van der Waals surface area contributed by atoms with Crippen LogP contribution in [0.1, 0.15) is 17.1 Å². The second-order valence-corrected chi connectivity index (χ2v) is 3.28. The first-order valence-electron chi connectivity index (χ1n) is 4.60. The largest absolute Gasteiger partial charge is 0.287 e. The van der Waals surface area contributed by atoms with Gasteiger partial charge in [-0.3, -0.25) is 4.57 Å². The van der Waals surface area contributed by atoms with Gasteiger partial charge in [-0.1, -0.05) is 6.07 Å². The predicted octanol–water partition coefficient (Wildman–Crippen LogP) is 1.76. The highest BCUT2D eigenvalue weighted by Gasteiger charge is 2.05. The fourth-order valence-electron chi connectivity index (χ4n) is 1.35. The molecule has 0 N–H and O–H groups in total. The first-order valence-corrected chi connectivity index (χ1v) is 4.60. The highest BCUT2D eigenvalue weighted by atomic mass is 15.1. The molecule has 0 bridgehead atoms. The van der Waals surface area contributed by atoms with Crippen LogP contribution in [0, 0.1) is 25.2 Å². The van der Waals surface area contributed by atoms with E-state index in [0.29, 0.717) is 5.69 Å². The van der Waals surface area contributed by atoms with Crippen molar-refractivity contribution < 1.29 is 0 Å². The van der Waals surface area contributed by atoms with E-state index in [0.717, 1.165) is 17.2 Å². The lowest BCUT2D eigenvalue weighted by molar-refractivity contribution is 0.945. The Morgan fingerprint density at radius 3 is 2.73 bits per heavy atom. The summed E-state index contributed by atoms with van der Waals surface area (Å²) in [5, 5.41) is 8.75. The summed E-state index contributed by atoms with van der Waals surface area (Å²) >= 11 is 0. The molecule has 0 aliphatic heterocycles. The number of aromatic nitrogens is 3. The van der Waals surface area contributed by atoms with Crippen molar-refractivity contribution in [2.75, 3.05) is 0 Å². The maximum atomic E-state index is 8.75. The summed E-state index contributed by atoms with van der Waals surface area (Å²) in [7, 11) is 0. The van der Waals surface area contributed by atoms with Crippen LogP contribution in [0.15, 0.2) is 24.5 Å². The average molecular weight is 198 g/mol. The lowest BCUT2D eigenvalue weighted by Crippen LogP contribution is -1.99. The third kappa shape index (κ3) is 1.59.